The van der Waals surface area contributed by atoms with E-state index in [9.17, 15) is 9.18 Å². The van der Waals surface area contributed by atoms with Gasteiger partial charge in [0, 0.05) is 29.8 Å². The van der Waals surface area contributed by atoms with Gasteiger partial charge >= 0.3 is 5.97 Å². The number of anilines is 1. The van der Waals surface area contributed by atoms with Crippen LogP contribution in [0, 0.1) is 5.82 Å². The third-order valence-electron chi connectivity index (χ3n) is 4.74. The molecule has 6 nitrogen and oxygen atoms in total. The van der Waals surface area contributed by atoms with Gasteiger partial charge in [-0.05, 0) is 31.9 Å². The number of fused-ring (bicyclic) bond motifs is 1. The van der Waals surface area contributed by atoms with Gasteiger partial charge in [0.15, 0.2) is 5.69 Å². The highest BCUT2D eigenvalue weighted by Crippen LogP contribution is 2.33. The number of aromatic nitrogens is 3. The van der Waals surface area contributed by atoms with Crippen LogP contribution < -0.4 is 4.90 Å². The van der Waals surface area contributed by atoms with Crippen LogP contribution in [0.4, 0.5) is 10.2 Å². The van der Waals surface area contributed by atoms with Crippen LogP contribution in [0.5, 0.6) is 0 Å². The van der Waals surface area contributed by atoms with Crippen molar-refractivity contribution in [2.45, 2.75) is 25.7 Å². The average Bonchev–Trinajstić information content (AvgIpc) is 3.19. The summed E-state index contributed by atoms with van der Waals surface area (Å²) in [4.78, 5) is 26.9. The average molecular weight is 386 g/mol. The van der Waals surface area contributed by atoms with Gasteiger partial charge in [-0.3, -0.25) is 0 Å². The third-order valence-corrected chi connectivity index (χ3v) is 5.75. The van der Waals surface area contributed by atoms with Crippen LogP contribution in [-0.4, -0.2) is 40.6 Å². The van der Waals surface area contributed by atoms with Crippen molar-refractivity contribution in [3.63, 3.8) is 0 Å². The van der Waals surface area contributed by atoms with Gasteiger partial charge in [-0.25, -0.2) is 24.1 Å². The molecule has 0 spiro atoms. The lowest BCUT2D eigenvalue weighted by atomic mass is 9.97. The molecule has 8 heteroatoms. The van der Waals surface area contributed by atoms with Crippen LogP contribution in [0.2, 0.25) is 0 Å². The fourth-order valence-corrected chi connectivity index (χ4v) is 4.36. The monoisotopic (exact) mass is 386 g/mol. The quantitative estimate of drug-likeness (QED) is 0.636. The first kappa shape index (κ1) is 17.8. The minimum Gasteiger partial charge on any atom is -0.461 e. The van der Waals surface area contributed by atoms with Gasteiger partial charge in [0.1, 0.15) is 23.5 Å². The number of ether oxygens (including phenoxy) is 1. The Bertz CT molecular complexity index is 969. The Balaban J connectivity index is 1.48. The summed E-state index contributed by atoms with van der Waals surface area (Å²) in [5, 5.41) is 3.46. The minimum atomic E-state index is -0.369. The number of esters is 1. The van der Waals surface area contributed by atoms with E-state index < -0.39 is 0 Å². The standard InChI is InChI=1S/C19H19FN4O2S/c1-2-26-19(25)15-10-27-18(23-15)12-6-8-24(9-7-12)17-13-4-3-5-14(20)16(13)21-11-22-17/h3-5,10-12H,2,6-9H2,1H3. The molecule has 0 radical (unpaired) electrons. The van der Waals surface area contributed by atoms with Gasteiger partial charge in [-0.15, -0.1) is 11.3 Å². The Kier molecular flexibility index (Phi) is 4.98. The number of rotatable bonds is 4. The maximum atomic E-state index is 14.0. The topological polar surface area (TPSA) is 68.2 Å². The summed E-state index contributed by atoms with van der Waals surface area (Å²) in [6.07, 6.45) is 3.21. The summed E-state index contributed by atoms with van der Waals surface area (Å²) in [7, 11) is 0. The number of para-hydroxylation sites is 1. The number of carbonyl (C=O) groups excluding carboxylic acids is 1. The van der Waals surface area contributed by atoms with Gasteiger partial charge in [0.05, 0.1) is 11.6 Å². The van der Waals surface area contributed by atoms with E-state index in [0.717, 1.165) is 42.1 Å². The van der Waals surface area contributed by atoms with Crippen molar-refractivity contribution in [3.8, 4) is 0 Å². The summed E-state index contributed by atoms with van der Waals surface area (Å²) in [5.74, 6) is 0.371. The fourth-order valence-electron chi connectivity index (χ4n) is 3.40. The summed E-state index contributed by atoms with van der Waals surface area (Å²) < 4.78 is 19.0. The summed E-state index contributed by atoms with van der Waals surface area (Å²) in [5.41, 5.74) is 0.736. The van der Waals surface area contributed by atoms with Crippen molar-refractivity contribution >= 4 is 34.0 Å². The normalized spacial score (nSPS) is 15.3. The van der Waals surface area contributed by atoms with Crippen LogP contribution in [0.3, 0.4) is 0 Å². The highest BCUT2D eigenvalue weighted by molar-refractivity contribution is 7.09. The van der Waals surface area contributed by atoms with Crippen molar-refractivity contribution < 1.29 is 13.9 Å². The number of thiazole rings is 1. The molecule has 1 saturated heterocycles. The Labute approximate surface area is 160 Å². The number of carbonyl (C=O) groups is 1. The molecular formula is C19H19FN4O2S. The molecule has 0 N–H and O–H groups in total. The molecule has 0 unspecified atom stereocenters. The molecule has 2 aromatic heterocycles. The molecule has 0 atom stereocenters. The van der Waals surface area contributed by atoms with E-state index >= 15 is 0 Å². The third kappa shape index (κ3) is 3.49. The van der Waals surface area contributed by atoms with E-state index in [2.05, 4.69) is 19.9 Å². The van der Waals surface area contributed by atoms with Gasteiger partial charge in [0.25, 0.3) is 0 Å². The maximum absolute atomic E-state index is 14.0. The molecule has 27 heavy (non-hydrogen) atoms. The number of benzene rings is 1. The summed E-state index contributed by atoms with van der Waals surface area (Å²) >= 11 is 1.51. The van der Waals surface area contributed by atoms with Gasteiger partial charge < -0.3 is 9.64 Å². The van der Waals surface area contributed by atoms with Crippen molar-refractivity contribution in [2.75, 3.05) is 24.6 Å². The SMILES string of the molecule is CCOC(=O)c1csc(C2CCN(c3ncnc4c(F)cccc34)CC2)n1. The van der Waals surface area contributed by atoms with E-state index in [0.29, 0.717) is 23.7 Å². The van der Waals surface area contributed by atoms with Crippen molar-refractivity contribution in [1.29, 1.82) is 0 Å². The molecule has 1 aliphatic rings. The zero-order valence-electron chi connectivity index (χ0n) is 14.9. The summed E-state index contributed by atoms with van der Waals surface area (Å²) in [6, 6.07) is 4.95. The van der Waals surface area contributed by atoms with Crippen LogP contribution in [0.1, 0.15) is 41.2 Å². The van der Waals surface area contributed by atoms with Crippen LogP contribution >= 0.6 is 11.3 Å². The first-order valence-electron chi connectivity index (χ1n) is 8.94. The highest BCUT2D eigenvalue weighted by atomic mass is 32.1. The molecule has 1 aromatic carbocycles. The Morgan fingerprint density at radius 1 is 1.33 bits per heavy atom. The predicted octanol–water partition coefficient (Wildman–Crippen LogP) is 3.79. The van der Waals surface area contributed by atoms with E-state index in [1.54, 1.807) is 18.4 Å². The van der Waals surface area contributed by atoms with Crippen molar-refractivity contribution in [2.24, 2.45) is 0 Å². The Morgan fingerprint density at radius 2 is 2.15 bits per heavy atom. The second-order valence-corrected chi connectivity index (χ2v) is 7.28. The Hall–Kier alpha value is -2.61. The van der Waals surface area contributed by atoms with Crippen LogP contribution in [0.25, 0.3) is 10.9 Å². The van der Waals surface area contributed by atoms with E-state index in [1.807, 2.05) is 6.07 Å². The van der Waals surface area contributed by atoms with Crippen LogP contribution in [-0.2, 0) is 4.74 Å². The molecule has 1 aliphatic heterocycles. The molecule has 4 rings (SSSR count). The zero-order valence-corrected chi connectivity index (χ0v) is 15.7. The lowest BCUT2D eigenvalue weighted by Gasteiger charge is -2.32. The lowest BCUT2D eigenvalue weighted by Crippen LogP contribution is -2.33. The largest absolute Gasteiger partial charge is 0.461 e. The number of nitrogens with zero attached hydrogens (tertiary/aromatic N) is 4. The molecule has 0 amide bonds. The van der Waals surface area contributed by atoms with E-state index in [-0.39, 0.29) is 11.8 Å². The van der Waals surface area contributed by atoms with E-state index in [1.165, 1.54) is 23.7 Å². The molecule has 3 heterocycles. The first-order valence-corrected chi connectivity index (χ1v) is 9.82. The molecule has 1 fully saturated rings. The molecule has 0 bridgehead atoms. The van der Waals surface area contributed by atoms with E-state index in [4.69, 9.17) is 4.74 Å². The smallest absolute Gasteiger partial charge is 0.357 e. The molecule has 0 aliphatic carbocycles. The van der Waals surface area contributed by atoms with Crippen molar-refractivity contribution in [3.05, 3.63) is 46.4 Å². The second-order valence-electron chi connectivity index (χ2n) is 6.39. The molecule has 0 saturated carbocycles. The number of piperidine rings is 1. The number of hydrogen-bond donors (Lipinski definition) is 0. The highest BCUT2D eigenvalue weighted by Gasteiger charge is 2.26. The lowest BCUT2D eigenvalue weighted by molar-refractivity contribution is 0.0520. The molecule has 3 aromatic rings. The second kappa shape index (κ2) is 7.56. The minimum absolute atomic E-state index is 0.305. The van der Waals surface area contributed by atoms with Gasteiger partial charge in [0.2, 0.25) is 0 Å². The number of halogens is 1. The van der Waals surface area contributed by atoms with Gasteiger partial charge in [-0.1, -0.05) is 6.07 Å². The fraction of sp³-hybridized carbons (Fsp3) is 0.368. The van der Waals surface area contributed by atoms with Crippen LogP contribution in [0.15, 0.2) is 29.9 Å². The number of hydrogen-bond acceptors (Lipinski definition) is 7. The molecular weight excluding hydrogens is 367 g/mol. The first-order chi connectivity index (χ1) is 13.2. The predicted molar refractivity (Wildman–Crippen MR) is 102 cm³/mol. The molecule has 140 valence electrons. The zero-order chi connectivity index (χ0) is 18.8. The summed E-state index contributed by atoms with van der Waals surface area (Å²) in [6.45, 7) is 3.71. The van der Waals surface area contributed by atoms with Crippen molar-refractivity contribution in [1.82, 2.24) is 15.0 Å². The Morgan fingerprint density at radius 3 is 2.93 bits per heavy atom. The maximum Gasteiger partial charge on any atom is 0.357 e. The van der Waals surface area contributed by atoms with Gasteiger partial charge in [-0.2, -0.15) is 0 Å².